The van der Waals surface area contributed by atoms with Gasteiger partial charge in [-0.3, -0.25) is 0 Å². The molecule has 1 aromatic rings. The van der Waals surface area contributed by atoms with Crippen molar-refractivity contribution >= 4 is 17.2 Å². The number of hydrogen-bond acceptors (Lipinski definition) is 3. The van der Waals surface area contributed by atoms with Gasteiger partial charge in [-0.15, -0.1) is 0 Å². The average molecular weight is 349 g/mol. The maximum atomic E-state index is 5.75. The summed E-state index contributed by atoms with van der Waals surface area (Å²) in [6, 6.07) is 10.8. The van der Waals surface area contributed by atoms with Crippen LogP contribution in [-0.4, -0.2) is 30.8 Å². The highest BCUT2D eigenvalue weighted by Gasteiger charge is 2.26. The van der Waals surface area contributed by atoms with Crippen LogP contribution in [0, 0.1) is 5.92 Å². The number of hydrogen-bond donors (Lipinski definition) is 2. The monoisotopic (exact) mass is 348 g/mol. The van der Waals surface area contributed by atoms with E-state index in [-0.39, 0.29) is 0 Å². The van der Waals surface area contributed by atoms with E-state index in [0.717, 1.165) is 37.7 Å². The Morgan fingerprint density at radius 1 is 1.21 bits per heavy atom. The summed E-state index contributed by atoms with van der Waals surface area (Å²) in [4.78, 5) is 0.974. The van der Waals surface area contributed by atoms with E-state index in [2.05, 4.69) is 34.9 Å². The molecule has 0 spiro atoms. The minimum Gasteiger partial charge on any atom is -0.382 e. The maximum absolute atomic E-state index is 5.75. The van der Waals surface area contributed by atoms with Crippen molar-refractivity contribution in [2.45, 2.75) is 58.0 Å². The molecule has 1 atom stereocenters. The van der Waals surface area contributed by atoms with Crippen LogP contribution in [0.4, 0.5) is 0 Å². The summed E-state index contributed by atoms with van der Waals surface area (Å²) in [5.41, 5.74) is 1.28. The van der Waals surface area contributed by atoms with E-state index in [1.807, 2.05) is 13.0 Å². The number of nitrogens with one attached hydrogen (secondary N) is 2. The molecule has 3 nitrogen and oxygen atoms in total. The third kappa shape index (κ3) is 6.88. The fourth-order valence-electron chi connectivity index (χ4n) is 3.41. The SMILES string of the molecule is CCOCCCNC(C(=S)NCc1ccccc1)C1CCCCC1. The summed E-state index contributed by atoms with van der Waals surface area (Å²) in [5.74, 6) is 0.668. The molecule has 1 saturated carbocycles. The zero-order valence-corrected chi connectivity index (χ0v) is 15.7. The van der Waals surface area contributed by atoms with Crippen molar-refractivity contribution in [3.63, 3.8) is 0 Å². The minimum absolute atomic E-state index is 0.297. The molecule has 0 bridgehead atoms. The Morgan fingerprint density at radius 3 is 2.67 bits per heavy atom. The van der Waals surface area contributed by atoms with Gasteiger partial charge < -0.3 is 15.4 Å². The molecular weight excluding hydrogens is 316 g/mol. The van der Waals surface area contributed by atoms with Gasteiger partial charge in [0, 0.05) is 19.8 Å². The first-order valence-electron chi connectivity index (χ1n) is 9.44. The lowest BCUT2D eigenvalue weighted by molar-refractivity contribution is 0.143. The van der Waals surface area contributed by atoms with Crippen molar-refractivity contribution in [1.29, 1.82) is 0 Å². The first kappa shape index (κ1) is 19.4. The Kier molecular flexibility index (Phi) is 9.32. The van der Waals surface area contributed by atoms with Gasteiger partial charge in [0.25, 0.3) is 0 Å². The fourth-order valence-corrected chi connectivity index (χ4v) is 3.76. The largest absolute Gasteiger partial charge is 0.382 e. The maximum Gasteiger partial charge on any atom is 0.0931 e. The molecule has 0 radical (unpaired) electrons. The molecule has 1 unspecified atom stereocenters. The third-order valence-electron chi connectivity index (χ3n) is 4.75. The number of rotatable bonds is 10. The van der Waals surface area contributed by atoms with Crippen LogP contribution < -0.4 is 10.6 Å². The molecule has 1 aliphatic carbocycles. The molecule has 1 aliphatic rings. The minimum atomic E-state index is 0.297. The summed E-state index contributed by atoms with van der Waals surface area (Å²) < 4.78 is 5.44. The highest BCUT2D eigenvalue weighted by atomic mass is 32.1. The van der Waals surface area contributed by atoms with Crippen LogP contribution in [0.25, 0.3) is 0 Å². The second-order valence-electron chi connectivity index (χ2n) is 6.58. The van der Waals surface area contributed by atoms with E-state index in [1.165, 1.54) is 37.7 Å². The number of benzene rings is 1. The van der Waals surface area contributed by atoms with E-state index in [0.29, 0.717) is 12.0 Å². The Bertz CT molecular complexity index is 460. The molecule has 2 N–H and O–H groups in total. The van der Waals surface area contributed by atoms with Gasteiger partial charge in [0.15, 0.2) is 0 Å². The van der Waals surface area contributed by atoms with Crippen LogP contribution in [0.2, 0.25) is 0 Å². The topological polar surface area (TPSA) is 33.3 Å². The van der Waals surface area contributed by atoms with E-state index in [9.17, 15) is 0 Å². The lowest BCUT2D eigenvalue weighted by atomic mass is 9.83. The van der Waals surface area contributed by atoms with Gasteiger partial charge in [-0.1, -0.05) is 61.8 Å². The quantitative estimate of drug-likeness (QED) is 0.493. The number of ether oxygens (including phenoxy) is 1. The summed E-state index contributed by atoms with van der Waals surface area (Å²) in [6.07, 6.45) is 7.66. The fraction of sp³-hybridized carbons (Fsp3) is 0.650. The van der Waals surface area contributed by atoms with Gasteiger partial charge in [-0.05, 0) is 44.2 Å². The molecule has 0 aromatic heterocycles. The zero-order valence-electron chi connectivity index (χ0n) is 14.9. The molecule has 1 fully saturated rings. The highest BCUT2D eigenvalue weighted by Crippen LogP contribution is 2.27. The molecule has 0 aliphatic heterocycles. The Labute approximate surface area is 152 Å². The molecular formula is C20H32N2OS. The predicted molar refractivity (Wildman–Crippen MR) is 105 cm³/mol. The molecule has 0 amide bonds. The van der Waals surface area contributed by atoms with E-state index in [4.69, 9.17) is 17.0 Å². The summed E-state index contributed by atoms with van der Waals surface area (Å²) in [7, 11) is 0. The van der Waals surface area contributed by atoms with Crippen LogP contribution in [0.5, 0.6) is 0 Å². The van der Waals surface area contributed by atoms with Crippen LogP contribution in [-0.2, 0) is 11.3 Å². The van der Waals surface area contributed by atoms with Gasteiger partial charge >= 0.3 is 0 Å². The Balaban J connectivity index is 1.84. The van der Waals surface area contributed by atoms with Crippen molar-refractivity contribution in [3.05, 3.63) is 35.9 Å². The standard InChI is InChI=1S/C20H32N2OS/c1-2-23-15-9-14-21-19(18-12-7-4-8-13-18)20(24)22-16-17-10-5-3-6-11-17/h3,5-6,10-11,18-19,21H,2,4,7-9,12-16H2,1H3,(H,22,24). The smallest absolute Gasteiger partial charge is 0.0931 e. The van der Waals surface area contributed by atoms with Crippen molar-refractivity contribution < 1.29 is 4.74 Å². The van der Waals surface area contributed by atoms with Gasteiger partial charge in [0.2, 0.25) is 0 Å². The summed E-state index contributed by atoms with van der Waals surface area (Å²) in [6.45, 7) is 5.44. The van der Waals surface area contributed by atoms with Crippen LogP contribution in [0.1, 0.15) is 51.0 Å². The van der Waals surface area contributed by atoms with Gasteiger partial charge in [-0.25, -0.2) is 0 Å². The molecule has 0 saturated heterocycles. The van der Waals surface area contributed by atoms with Crippen LogP contribution in [0.3, 0.4) is 0 Å². The first-order valence-corrected chi connectivity index (χ1v) is 9.85. The summed E-state index contributed by atoms with van der Waals surface area (Å²) >= 11 is 5.75. The average Bonchev–Trinajstić information content (AvgIpc) is 2.64. The highest BCUT2D eigenvalue weighted by molar-refractivity contribution is 7.80. The van der Waals surface area contributed by atoms with E-state index >= 15 is 0 Å². The van der Waals surface area contributed by atoms with Crippen molar-refractivity contribution in [2.24, 2.45) is 5.92 Å². The second-order valence-corrected chi connectivity index (χ2v) is 7.02. The molecule has 1 aromatic carbocycles. The predicted octanol–water partition coefficient (Wildman–Crippen LogP) is 4.07. The van der Waals surface area contributed by atoms with Gasteiger partial charge in [0.05, 0.1) is 11.0 Å². The first-order chi connectivity index (χ1) is 11.8. The van der Waals surface area contributed by atoms with Crippen molar-refractivity contribution in [2.75, 3.05) is 19.8 Å². The van der Waals surface area contributed by atoms with Crippen molar-refractivity contribution in [3.8, 4) is 0 Å². The van der Waals surface area contributed by atoms with Crippen molar-refractivity contribution in [1.82, 2.24) is 10.6 Å². The zero-order chi connectivity index (χ0) is 17.0. The van der Waals surface area contributed by atoms with E-state index < -0.39 is 0 Å². The van der Waals surface area contributed by atoms with E-state index in [1.54, 1.807) is 0 Å². The number of thiocarbonyl (C=S) groups is 1. The molecule has 134 valence electrons. The molecule has 4 heteroatoms. The molecule has 0 heterocycles. The third-order valence-corrected chi connectivity index (χ3v) is 5.15. The lowest BCUT2D eigenvalue weighted by Gasteiger charge is -2.32. The molecule has 24 heavy (non-hydrogen) atoms. The van der Waals surface area contributed by atoms with Gasteiger partial charge in [0.1, 0.15) is 0 Å². The Morgan fingerprint density at radius 2 is 1.96 bits per heavy atom. The lowest BCUT2D eigenvalue weighted by Crippen LogP contribution is -2.48. The van der Waals surface area contributed by atoms with Gasteiger partial charge in [-0.2, -0.15) is 0 Å². The summed E-state index contributed by atoms with van der Waals surface area (Å²) in [5, 5.41) is 7.19. The Hall–Kier alpha value is -0.970. The molecule has 2 rings (SSSR count). The second kappa shape index (κ2) is 11.6. The normalized spacial score (nSPS) is 16.7. The van der Waals surface area contributed by atoms with Crippen LogP contribution in [0.15, 0.2) is 30.3 Å². The van der Waals surface area contributed by atoms with Crippen LogP contribution >= 0.6 is 12.2 Å².